The number of likely N-dealkylation sites (tertiary alicyclic amines) is 1. The lowest BCUT2D eigenvalue weighted by atomic mass is 10.0. The number of carbonyl (C=O) groups excluding carboxylic acids is 1. The molecule has 4 heterocycles. The van der Waals surface area contributed by atoms with E-state index in [4.69, 9.17) is 9.47 Å². The third-order valence-electron chi connectivity index (χ3n) is 6.75. The number of para-hydroxylation sites is 1. The number of fused-ring (bicyclic) bond motifs is 1. The van der Waals surface area contributed by atoms with Crippen LogP contribution in [0.2, 0.25) is 0 Å². The number of hydrogen-bond acceptors (Lipinski definition) is 7. The van der Waals surface area contributed by atoms with Crippen LogP contribution in [0.3, 0.4) is 0 Å². The molecule has 1 aliphatic heterocycles. The van der Waals surface area contributed by atoms with Crippen LogP contribution in [0.5, 0.6) is 17.4 Å². The Balaban J connectivity index is 1.16. The van der Waals surface area contributed by atoms with E-state index in [-0.39, 0.29) is 12.0 Å². The Kier molecular flexibility index (Phi) is 6.88. The molecule has 1 aliphatic rings. The summed E-state index contributed by atoms with van der Waals surface area (Å²) in [5.74, 6) is 1.59. The molecule has 0 radical (unpaired) electrons. The number of benzene rings is 2. The molecule has 196 valence electrons. The molecular formula is C30H28N6O3. The zero-order valence-corrected chi connectivity index (χ0v) is 21.5. The number of amides is 1. The number of pyridine rings is 2. The van der Waals surface area contributed by atoms with Crippen molar-refractivity contribution >= 4 is 22.5 Å². The van der Waals surface area contributed by atoms with Crippen molar-refractivity contribution < 1.29 is 14.3 Å². The second-order valence-corrected chi connectivity index (χ2v) is 9.62. The van der Waals surface area contributed by atoms with Gasteiger partial charge in [0.05, 0.1) is 23.6 Å². The predicted octanol–water partition coefficient (Wildman–Crippen LogP) is 5.54. The number of aromatic nitrogens is 4. The molecule has 6 rings (SSSR count). The summed E-state index contributed by atoms with van der Waals surface area (Å²) in [4.78, 5) is 24.2. The van der Waals surface area contributed by atoms with E-state index >= 15 is 0 Å². The molecule has 9 heteroatoms. The van der Waals surface area contributed by atoms with Crippen molar-refractivity contribution in [1.29, 1.82) is 0 Å². The Bertz CT molecular complexity index is 1580. The van der Waals surface area contributed by atoms with Crippen LogP contribution in [-0.4, -0.2) is 57.2 Å². The summed E-state index contributed by atoms with van der Waals surface area (Å²) < 4.78 is 11.9. The van der Waals surface area contributed by atoms with E-state index in [1.54, 1.807) is 30.7 Å². The first-order valence-electron chi connectivity index (χ1n) is 12.9. The van der Waals surface area contributed by atoms with Gasteiger partial charge in [-0.3, -0.25) is 14.9 Å². The SMILES string of the molecule is CN1CCC(Oc2ccc(NC(=O)c3n[nH]c4ccc(-c5cncc(Oc6ccccc6)c5)cc34)cn2)CC1. The van der Waals surface area contributed by atoms with Gasteiger partial charge in [0.25, 0.3) is 5.91 Å². The van der Waals surface area contributed by atoms with E-state index < -0.39 is 0 Å². The quantitative estimate of drug-likeness (QED) is 0.290. The van der Waals surface area contributed by atoms with Crippen LogP contribution in [0.4, 0.5) is 5.69 Å². The fourth-order valence-electron chi connectivity index (χ4n) is 4.61. The maximum Gasteiger partial charge on any atom is 0.276 e. The molecule has 0 spiro atoms. The Morgan fingerprint density at radius 1 is 0.949 bits per heavy atom. The highest BCUT2D eigenvalue weighted by atomic mass is 16.5. The van der Waals surface area contributed by atoms with Crippen molar-refractivity contribution in [2.45, 2.75) is 18.9 Å². The van der Waals surface area contributed by atoms with E-state index in [1.165, 1.54) is 0 Å². The van der Waals surface area contributed by atoms with Crippen LogP contribution < -0.4 is 14.8 Å². The van der Waals surface area contributed by atoms with Crippen LogP contribution in [0.15, 0.2) is 85.3 Å². The van der Waals surface area contributed by atoms with Crippen molar-refractivity contribution in [1.82, 2.24) is 25.1 Å². The highest BCUT2D eigenvalue weighted by molar-refractivity contribution is 6.11. The normalized spacial score (nSPS) is 14.3. The lowest BCUT2D eigenvalue weighted by Gasteiger charge is -2.28. The van der Waals surface area contributed by atoms with Crippen LogP contribution in [0.1, 0.15) is 23.3 Å². The van der Waals surface area contributed by atoms with E-state index in [0.717, 1.165) is 48.3 Å². The Morgan fingerprint density at radius 3 is 2.59 bits per heavy atom. The molecule has 0 bridgehead atoms. The van der Waals surface area contributed by atoms with Crippen LogP contribution in [-0.2, 0) is 0 Å². The van der Waals surface area contributed by atoms with E-state index in [2.05, 4.69) is 37.4 Å². The number of rotatable bonds is 7. The van der Waals surface area contributed by atoms with E-state index in [1.807, 2.05) is 54.6 Å². The monoisotopic (exact) mass is 520 g/mol. The zero-order valence-electron chi connectivity index (χ0n) is 21.5. The van der Waals surface area contributed by atoms with Crippen LogP contribution in [0.25, 0.3) is 22.0 Å². The van der Waals surface area contributed by atoms with Gasteiger partial charge in [-0.25, -0.2) is 4.98 Å². The Hall–Kier alpha value is -4.76. The summed E-state index contributed by atoms with van der Waals surface area (Å²) in [6.07, 6.45) is 7.16. The standard InChI is InChI=1S/C30H28N6O3/c1-36-13-11-24(12-14-36)39-28-10-8-22(18-32-28)33-30(37)29-26-16-20(7-9-27(26)34-35-29)21-15-25(19-31-17-21)38-23-5-3-2-4-6-23/h2-10,15-19,24H,11-14H2,1H3,(H,33,37)(H,34,35). The molecule has 0 unspecified atom stereocenters. The predicted molar refractivity (Wildman–Crippen MR) is 149 cm³/mol. The van der Waals surface area contributed by atoms with Gasteiger partial charge < -0.3 is 19.7 Å². The summed E-state index contributed by atoms with van der Waals surface area (Å²) in [6, 6.07) is 20.8. The highest BCUT2D eigenvalue weighted by Gasteiger charge is 2.19. The summed E-state index contributed by atoms with van der Waals surface area (Å²) in [5, 5.41) is 10.8. The molecule has 5 aromatic rings. The first-order valence-corrected chi connectivity index (χ1v) is 12.9. The second-order valence-electron chi connectivity index (χ2n) is 9.62. The number of nitrogens with one attached hydrogen (secondary N) is 2. The molecule has 0 saturated carbocycles. The summed E-state index contributed by atoms with van der Waals surface area (Å²) in [6.45, 7) is 2.03. The average Bonchev–Trinajstić information content (AvgIpc) is 3.40. The van der Waals surface area contributed by atoms with Gasteiger partial charge in [-0.05, 0) is 61.9 Å². The summed E-state index contributed by atoms with van der Waals surface area (Å²) in [7, 11) is 2.12. The molecular weight excluding hydrogens is 492 g/mol. The van der Waals surface area contributed by atoms with Crippen molar-refractivity contribution in [3.8, 4) is 28.5 Å². The molecule has 0 atom stereocenters. The molecule has 1 saturated heterocycles. The van der Waals surface area contributed by atoms with Gasteiger partial charge in [0.15, 0.2) is 5.69 Å². The molecule has 1 fully saturated rings. The van der Waals surface area contributed by atoms with Gasteiger partial charge >= 0.3 is 0 Å². The first kappa shape index (κ1) is 24.6. The van der Waals surface area contributed by atoms with Crippen LogP contribution >= 0.6 is 0 Å². The van der Waals surface area contributed by atoms with E-state index in [9.17, 15) is 4.79 Å². The van der Waals surface area contributed by atoms with Gasteiger partial charge in [-0.15, -0.1) is 0 Å². The number of aromatic amines is 1. The van der Waals surface area contributed by atoms with Gasteiger partial charge in [0, 0.05) is 36.3 Å². The van der Waals surface area contributed by atoms with Crippen molar-refractivity contribution in [3.05, 3.63) is 91.0 Å². The molecule has 0 aliphatic carbocycles. The Labute approximate surface area is 225 Å². The lowest BCUT2D eigenvalue weighted by molar-refractivity contribution is 0.102. The number of ether oxygens (including phenoxy) is 2. The van der Waals surface area contributed by atoms with E-state index in [0.29, 0.717) is 28.4 Å². The van der Waals surface area contributed by atoms with Crippen molar-refractivity contribution in [2.75, 3.05) is 25.5 Å². The Morgan fingerprint density at radius 2 is 1.79 bits per heavy atom. The molecule has 39 heavy (non-hydrogen) atoms. The first-order chi connectivity index (χ1) is 19.1. The minimum atomic E-state index is -0.330. The molecule has 2 N–H and O–H groups in total. The van der Waals surface area contributed by atoms with Crippen LogP contribution in [0, 0.1) is 0 Å². The van der Waals surface area contributed by atoms with Gasteiger partial charge in [-0.1, -0.05) is 24.3 Å². The molecule has 9 nitrogen and oxygen atoms in total. The third-order valence-corrected chi connectivity index (χ3v) is 6.75. The van der Waals surface area contributed by atoms with Gasteiger partial charge in [0.1, 0.15) is 17.6 Å². The van der Waals surface area contributed by atoms with Crippen molar-refractivity contribution in [2.24, 2.45) is 0 Å². The second kappa shape index (κ2) is 10.9. The largest absolute Gasteiger partial charge is 0.474 e. The molecule has 2 aromatic carbocycles. The number of H-pyrrole nitrogens is 1. The number of anilines is 1. The molecule has 3 aromatic heterocycles. The summed E-state index contributed by atoms with van der Waals surface area (Å²) >= 11 is 0. The average molecular weight is 521 g/mol. The smallest absolute Gasteiger partial charge is 0.276 e. The number of piperidine rings is 1. The topological polar surface area (TPSA) is 105 Å². The third kappa shape index (κ3) is 5.73. The number of nitrogens with zero attached hydrogens (tertiary/aromatic N) is 4. The fourth-order valence-corrected chi connectivity index (χ4v) is 4.61. The maximum atomic E-state index is 13.1. The van der Waals surface area contributed by atoms with Gasteiger partial charge in [0.2, 0.25) is 5.88 Å². The zero-order chi connectivity index (χ0) is 26.6. The highest BCUT2D eigenvalue weighted by Crippen LogP contribution is 2.29. The van der Waals surface area contributed by atoms with Crippen molar-refractivity contribution in [3.63, 3.8) is 0 Å². The number of hydrogen-bond donors (Lipinski definition) is 2. The maximum absolute atomic E-state index is 13.1. The minimum Gasteiger partial charge on any atom is -0.474 e. The number of carbonyl (C=O) groups is 1. The fraction of sp³-hybridized carbons (Fsp3) is 0.200. The molecule has 1 amide bonds. The summed E-state index contributed by atoms with van der Waals surface area (Å²) in [5.41, 5.74) is 3.37. The minimum absolute atomic E-state index is 0.166. The van der Waals surface area contributed by atoms with Gasteiger partial charge in [-0.2, -0.15) is 5.10 Å². The lowest BCUT2D eigenvalue weighted by Crippen LogP contribution is -2.35.